The molecular weight excluding hydrogens is 519 g/mol. The maximum atomic E-state index is 14.9. The summed E-state index contributed by atoms with van der Waals surface area (Å²) in [6, 6.07) is 10.4. The number of amides is 3. The Morgan fingerprint density at radius 2 is 2.00 bits per heavy atom. The number of rotatable bonds is 7. The number of nitrogens with one attached hydrogen (secondary N) is 1. The summed E-state index contributed by atoms with van der Waals surface area (Å²) in [6.45, 7) is 5.83. The van der Waals surface area contributed by atoms with Crippen molar-refractivity contribution >= 4 is 29.1 Å². The SMILES string of the molecule is Cc1ncsc1-c1ccc(CNC(=O)[C@@H]2C[C@@H](O)CN2C(=O)C(C(C)C)N2Cc3ccccc3C2=O)c(F)c1. The van der Waals surface area contributed by atoms with Crippen LogP contribution in [0.25, 0.3) is 10.4 Å². The molecule has 1 fully saturated rings. The number of carbonyl (C=O) groups is 3. The van der Waals surface area contributed by atoms with E-state index >= 15 is 0 Å². The highest BCUT2D eigenvalue weighted by atomic mass is 32.1. The zero-order valence-corrected chi connectivity index (χ0v) is 22.9. The molecule has 0 bridgehead atoms. The molecule has 0 saturated carbocycles. The minimum atomic E-state index is -0.920. The minimum Gasteiger partial charge on any atom is -0.391 e. The number of aromatic nitrogens is 1. The Balaban J connectivity index is 1.29. The number of benzene rings is 2. The normalized spacial score (nSPS) is 19.5. The molecule has 39 heavy (non-hydrogen) atoms. The molecule has 8 nitrogen and oxygen atoms in total. The van der Waals surface area contributed by atoms with Crippen LogP contribution >= 0.6 is 11.3 Å². The van der Waals surface area contributed by atoms with E-state index in [0.717, 1.165) is 21.7 Å². The van der Waals surface area contributed by atoms with Crippen LogP contribution in [0.15, 0.2) is 48.0 Å². The number of hydrogen-bond donors (Lipinski definition) is 2. The van der Waals surface area contributed by atoms with Gasteiger partial charge in [-0.2, -0.15) is 0 Å². The first-order valence-electron chi connectivity index (χ1n) is 13.0. The van der Waals surface area contributed by atoms with Gasteiger partial charge in [0.2, 0.25) is 11.8 Å². The Bertz CT molecular complexity index is 1420. The molecule has 5 rings (SSSR count). The molecule has 1 aromatic heterocycles. The highest BCUT2D eigenvalue weighted by Crippen LogP contribution is 2.31. The number of hydrogen-bond acceptors (Lipinski definition) is 6. The maximum absolute atomic E-state index is 14.9. The minimum absolute atomic E-state index is 0.00756. The molecular formula is C29H31FN4O4S. The third-order valence-electron chi connectivity index (χ3n) is 7.45. The van der Waals surface area contributed by atoms with Crippen molar-refractivity contribution in [1.29, 1.82) is 0 Å². The van der Waals surface area contributed by atoms with E-state index in [2.05, 4.69) is 10.3 Å². The Morgan fingerprint density at radius 1 is 1.23 bits per heavy atom. The van der Waals surface area contributed by atoms with E-state index in [0.29, 0.717) is 17.7 Å². The van der Waals surface area contributed by atoms with Gasteiger partial charge in [0.15, 0.2) is 0 Å². The van der Waals surface area contributed by atoms with Crippen molar-refractivity contribution in [1.82, 2.24) is 20.1 Å². The Morgan fingerprint density at radius 3 is 2.67 bits per heavy atom. The lowest BCUT2D eigenvalue weighted by Crippen LogP contribution is -2.55. The van der Waals surface area contributed by atoms with Gasteiger partial charge in [0.05, 0.1) is 22.2 Å². The largest absolute Gasteiger partial charge is 0.391 e. The van der Waals surface area contributed by atoms with Crippen LogP contribution in [0, 0.1) is 18.7 Å². The average molecular weight is 551 g/mol. The van der Waals surface area contributed by atoms with E-state index in [1.54, 1.807) is 34.7 Å². The number of aliphatic hydroxyl groups excluding tert-OH is 1. The van der Waals surface area contributed by atoms with Crippen molar-refractivity contribution in [2.45, 2.75) is 58.5 Å². The molecule has 2 N–H and O–H groups in total. The van der Waals surface area contributed by atoms with Crippen LogP contribution in [0.5, 0.6) is 0 Å². The molecule has 1 saturated heterocycles. The first-order valence-corrected chi connectivity index (χ1v) is 13.9. The second kappa shape index (κ2) is 10.9. The van der Waals surface area contributed by atoms with Gasteiger partial charge in [0.25, 0.3) is 5.91 Å². The zero-order valence-electron chi connectivity index (χ0n) is 22.1. The molecule has 0 spiro atoms. The van der Waals surface area contributed by atoms with Gasteiger partial charge in [-0.3, -0.25) is 14.4 Å². The summed E-state index contributed by atoms with van der Waals surface area (Å²) in [6.07, 6.45) is -0.800. The van der Waals surface area contributed by atoms with Crippen LogP contribution in [0.3, 0.4) is 0 Å². The molecule has 0 radical (unpaired) electrons. The second-order valence-corrected chi connectivity index (χ2v) is 11.3. The lowest BCUT2D eigenvalue weighted by molar-refractivity contribution is -0.143. The highest BCUT2D eigenvalue weighted by molar-refractivity contribution is 7.13. The zero-order chi connectivity index (χ0) is 27.8. The first-order chi connectivity index (χ1) is 18.7. The number of halogens is 1. The molecule has 3 aromatic rings. The predicted molar refractivity (Wildman–Crippen MR) is 145 cm³/mol. The maximum Gasteiger partial charge on any atom is 0.255 e. The second-order valence-electron chi connectivity index (χ2n) is 10.5. The fraction of sp³-hybridized carbons (Fsp3) is 0.379. The van der Waals surface area contributed by atoms with Crippen molar-refractivity contribution in [2.75, 3.05) is 6.54 Å². The number of aryl methyl sites for hydroxylation is 1. The molecule has 2 aliphatic rings. The number of β-amino-alcohol motifs (C(OH)–C–C–N with tert-alkyl or cyclic N) is 1. The Labute approximate surface area is 230 Å². The summed E-state index contributed by atoms with van der Waals surface area (Å²) in [5.41, 5.74) is 5.00. The van der Waals surface area contributed by atoms with Crippen LogP contribution in [-0.2, 0) is 22.7 Å². The molecule has 2 aliphatic heterocycles. The van der Waals surface area contributed by atoms with Crippen molar-refractivity contribution in [3.05, 3.63) is 76.2 Å². The number of thiazole rings is 1. The van der Waals surface area contributed by atoms with Gasteiger partial charge >= 0.3 is 0 Å². The summed E-state index contributed by atoms with van der Waals surface area (Å²) in [5, 5.41) is 13.1. The molecule has 2 aromatic carbocycles. The van der Waals surface area contributed by atoms with Gasteiger partial charge in [-0.1, -0.05) is 44.2 Å². The number of carbonyl (C=O) groups excluding carboxylic acids is 3. The standard InChI is InChI=1S/C29H31FN4O4S/c1-16(2)25(34-13-20-6-4-5-7-22(20)28(34)37)29(38)33-14-21(35)11-24(33)27(36)31-12-19-9-8-18(10-23(19)30)26-17(3)32-15-39-26/h4-10,15-16,21,24-25,35H,11-14H2,1-3H3,(H,31,36)/t21-,24+,25?/m1/s1. The molecule has 1 unspecified atom stereocenters. The summed E-state index contributed by atoms with van der Waals surface area (Å²) in [7, 11) is 0. The van der Waals surface area contributed by atoms with Gasteiger partial charge in [-0.05, 0) is 36.1 Å². The third-order valence-corrected chi connectivity index (χ3v) is 8.43. The quantitative estimate of drug-likeness (QED) is 0.469. The van der Waals surface area contributed by atoms with Crippen LogP contribution in [0.1, 0.15) is 47.4 Å². The topological polar surface area (TPSA) is 103 Å². The van der Waals surface area contributed by atoms with Crippen molar-refractivity contribution in [3.8, 4) is 10.4 Å². The number of fused-ring (bicyclic) bond motifs is 1. The van der Waals surface area contributed by atoms with Crippen LogP contribution in [0.4, 0.5) is 4.39 Å². The fourth-order valence-electron chi connectivity index (χ4n) is 5.47. The lowest BCUT2D eigenvalue weighted by atomic mass is 10.0. The number of likely N-dealkylation sites (tertiary alicyclic amines) is 1. The predicted octanol–water partition coefficient (Wildman–Crippen LogP) is 3.52. The number of aliphatic hydroxyl groups is 1. The van der Waals surface area contributed by atoms with Gasteiger partial charge < -0.3 is 20.2 Å². The third kappa shape index (κ3) is 5.18. The van der Waals surface area contributed by atoms with Crippen molar-refractivity contribution in [3.63, 3.8) is 0 Å². The van der Waals surface area contributed by atoms with E-state index in [-0.39, 0.29) is 37.2 Å². The smallest absolute Gasteiger partial charge is 0.255 e. The fourth-order valence-corrected chi connectivity index (χ4v) is 6.27. The first kappa shape index (κ1) is 27.0. The van der Waals surface area contributed by atoms with E-state index in [1.165, 1.54) is 22.3 Å². The molecule has 3 atom stereocenters. The molecule has 10 heteroatoms. The van der Waals surface area contributed by atoms with E-state index in [9.17, 15) is 23.9 Å². The highest BCUT2D eigenvalue weighted by Gasteiger charge is 2.45. The molecule has 3 heterocycles. The van der Waals surface area contributed by atoms with E-state index in [4.69, 9.17) is 0 Å². The van der Waals surface area contributed by atoms with E-state index < -0.39 is 29.9 Å². The Hall–Kier alpha value is -3.63. The molecule has 204 valence electrons. The summed E-state index contributed by atoms with van der Waals surface area (Å²) in [4.78, 5) is 48.2. The lowest BCUT2D eigenvalue weighted by Gasteiger charge is -2.35. The van der Waals surface area contributed by atoms with Gasteiger partial charge in [0, 0.05) is 37.2 Å². The Kier molecular flexibility index (Phi) is 7.51. The molecule has 3 amide bonds. The van der Waals surface area contributed by atoms with Crippen LogP contribution in [0.2, 0.25) is 0 Å². The van der Waals surface area contributed by atoms with Crippen LogP contribution < -0.4 is 5.32 Å². The monoisotopic (exact) mass is 550 g/mol. The summed E-state index contributed by atoms with van der Waals surface area (Å²) >= 11 is 1.43. The number of nitrogens with zero attached hydrogens (tertiary/aromatic N) is 3. The average Bonchev–Trinajstić information content (AvgIpc) is 3.60. The van der Waals surface area contributed by atoms with Crippen molar-refractivity contribution in [2.24, 2.45) is 5.92 Å². The summed E-state index contributed by atoms with van der Waals surface area (Å²) < 4.78 is 14.9. The van der Waals surface area contributed by atoms with Crippen molar-refractivity contribution < 1.29 is 23.9 Å². The van der Waals surface area contributed by atoms with E-state index in [1.807, 2.05) is 32.9 Å². The summed E-state index contributed by atoms with van der Waals surface area (Å²) in [5.74, 6) is -1.73. The van der Waals surface area contributed by atoms with Gasteiger partial charge in [0.1, 0.15) is 17.9 Å². The van der Waals surface area contributed by atoms with Crippen LogP contribution in [-0.4, -0.2) is 62.3 Å². The molecule has 0 aliphatic carbocycles. The van der Waals surface area contributed by atoms with Gasteiger partial charge in [-0.15, -0.1) is 11.3 Å². The van der Waals surface area contributed by atoms with Gasteiger partial charge in [-0.25, -0.2) is 9.37 Å².